The summed E-state index contributed by atoms with van der Waals surface area (Å²) < 4.78 is 0. The number of hydrogen-bond acceptors (Lipinski definition) is 4. The van der Waals surface area contributed by atoms with Gasteiger partial charge in [0.15, 0.2) is 5.84 Å². The van der Waals surface area contributed by atoms with Crippen LogP contribution in [0.15, 0.2) is 23.5 Å². The number of nitrogens with two attached hydrogens (primary N) is 1. The van der Waals surface area contributed by atoms with E-state index in [0.717, 1.165) is 12.8 Å². The van der Waals surface area contributed by atoms with E-state index in [9.17, 15) is 4.79 Å². The van der Waals surface area contributed by atoms with Crippen molar-refractivity contribution in [2.45, 2.75) is 32.2 Å². The van der Waals surface area contributed by atoms with Gasteiger partial charge >= 0.3 is 0 Å². The molecule has 0 spiro atoms. The minimum absolute atomic E-state index is 0.0298. The van der Waals surface area contributed by atoms with Gasteiger partial charge in [-0.1, -0.05) is 5.16 Å². The lowest BCUT2D eigenvalue weighted by atomic mass is 9.98. The van der Waals surface area contributed by atoms with Crippen molar-refractivity contribution in [3.05, 3.63) is 29.6 Å². The molecular weight excluding hydrogens is 244 g/mol. The summed E-state index contributed by atoms with van der Waals surface area (Å²) in [5.41, 5.74) is 6.02. The zero-order valence-electron chi connectivity index (χ0n) is 11.1. The fourth-order valence-electron chi connectivity index (χ4n) is 2.00. The molecule has 19 heavy (non-hydrogen) atoms. The predicted molar refractivity (Wildman–Crippen MR) is 71.0 cm³/mol. The van der Waals surface area contributed by atoms with Crippen LogP contribution in [0.2, 0.25) is 0 Å². The summed E-state index contributed by atoms with van der Waals surface area (Å²) in [6, 6.07) is 3.16. The van der Waals surface area contributed by atoms with Crippen molar-refractivity contribution in [1.29, 1.82) is 0 Å². The lowest BCUT2D eigenvalue weighted by Crippen LogP contribution is -2.45. The van der Waals surface area contributed by atoms with Gasteiger partial charge < -0.3 is 16.3 Å². The first kappa shape index (κ1) is 13.3. The quantitative estimate of drug-likeness (QED) is 0.327. The smallest absolute Gasteiger partial charge is 0.270 e. The van der Waals surface area contributed by atoms with Crippen molar-refractivity contribution < 1.29 is 10.0 Å². The molecule has 1 heterocycles. The van der Waals surface area contributed by atoms with Gasteiger partial charge in [0.25, 0.3) is 5.91 Å². The van der Waals surface area contributed by atoms with E-state index in [0.29, 0.717) is 17.2 Å². The van der Waals surface area contributed by atoms with E-state index in [1.165, 1.54) is 6.20 Å². The Morgan fingerprint density at radius 2 is 2.21 bits per heavy atom. The highest BCUT2D eigenvalue weighted by molar-refractivity contribution is 5.98. The number of amidine groups is 1. The van der Waals surface area contributed by atoms with Crippen molar-refractivity contribution in [2.24, 2.45) is 16.8 Å². The predicted octanol–water partition coefficient (Wildman–Crippen LogP) is 1.09. The summed E-state index contributed by atoms with van der Waals surface area (Å²) in [5, 5.41) is 14.4. The number of aromatic nitrogens is 1. The van der Waals surface area contributed by atoms with Crippen LogP contribution in [-0.4, -0.2) is 27.5 Å². The van der Waals surface area contributed by atoms with E-state index < -0.39 is 0 Å². The molecule has 6 nitrogen and oxygen atoms in total. The summed E-state index contributed by atoms with van der Waals surface area (Å²) in [6.45, 7) is 4.04. The molecule has 2 rings (SSSR count). The topological polar surface area (TPSA) is 101 Å². The molecule has 0 aliphatic heterocycles. The lowest BCUT2D eigenvalue weighted by Gasteiger charge is -2.25. The highest BCUT2D eigenvalue weighted by Crippen LogP contribution is 2.39. The fraction of sp³-hybridized carbons (Fsp3) is 0.462. The SMILES string of the molecule is CC(C)(NC(=O)c1ccc(/C(N)=N/O)cn1)C1CC1. The number of amides is 1. The molecule has 102 valence electrons. The van der Waals surface area contributed by atoms with Gasteiger partial charge in [-0.3, -0.25) is 9.78 Å². The summed E-state index contributed by atoms with van der Waals surface area (Å²) in [5.74, 6) is 0.314. The lowest BCUT2D eigenvalue weighted by molar-refractivity contribution is 0.0898. The van der Waals surface area contributed by atoms with E-state index >= 15 is 0 Å². The summed E-state index contributed by atoms with van der Waals surface area (Å²) >= 11 is 0. The Kier molecular flexibility index (Phi) is 3.42. The van der Waals surface area contributed by atoms with Gasteiger partial charge in [0.2, 0.25) is 0 Å². The van der Waals surface area contributed by atoms with Crippen LogP contribution in [0.1, 0.15) is 42.7 Å². The van der Waals surface area contributed by atoms with Gasteiger partial charge in [-0.05, 0) is 44.7 Å². The normalized spacial score (nSPS) is 16.2. The van der Waals surface area contributed by atoms with Crippen LogP contribution in [-0.2, 0) is 0 Å². The van der Waals surface area contributed by atoms with Crippen molar-refractivity contribution >= 4 is 11.7 Å². The molecule has 0 unspecified atom stereocenters. The molecule has 6 heteroatoms. The maximum Gasteiger partial charge on any atom is 0.270 e. The minimum atomic E-state index is -0.206. The van der Waals surface area contributed by atoms with Crippen LogP contribution in [0.25, 0.3) is 0 Å². The molecule has 1 aliphatic carbocycles. The number of rotatable bonds is 4. The zero-order valence-corrected chi connectivity index (χ0v) is 11.1. The fourth-order valence-corrected chi connectivity index (χ4v) is 2.00. The first-order chi connectivity index (χ1) is 8.94. The van der Waals surface area contributed by atoms with Crippen LogP contribution >= 0.6 is 0 Å². The van der Waals surface area contributed by atoms with Crippen molar-refractivity contribution in [3.63, 3.8) is 0 Å². The second-order valence-corrected chi connectivity index (χ2v) is 5.37. The second kappa shape index (κ2) is 4.87. The molecule has 0 radical (unpaired) electrons. The Morgan fingerprint density at radius 3 is 2.68 bits per heavy atom. The van der Waals surface area contributed by atoms with Gasteiger partial charge in [-0.2, -0.15) is 0 Å². The monoisotopic (exact) mass is 262 g/mol. The van der Waals surface area contributed by atoms with Gasteiger partial charge in [0.1, 0.15) is 5.69 Å². The van der Waals surface area contributed by atoms with Gasteiger partial charge in [0.05, 0.1) is 0 Å². The molecular formula is C13H18N4O2. The first-order valence-corrected chi connectivity index (χ1v) is 6.20. The molecule has 0 aromatic carbocycles. The van der Waals surface area contributed by atoms with E-state index in [1.807, 2.05) is 13.8 Å². The van der Waals surface area contributed by atoms with E-state index in [-0.39, 0.29) is 17.3 Å². The highest BCUT2D eigenvalue weighted by Gasteiger charge is 2.38. The van der Waals surface area contributed by atoms with Gasteiger partial charge in [-0.25, -0.2) is 0 Å². The van der Waals surface area contributed by atoms with Crippen LogP contribution < -0.4 is 11.1 Å². The third-order valence-electron chi connectivity index (χ3n) is 3.43. The molecule has 0 saturated heterocycles. The van der Waals surface area contributed by atoms with Gasteiger partial charge in [0, 0.05) is 17.3 Å². The Hall–Kier alpha value is -2.11. The Balaban J connectivity index is 2.07. The molecule has 0 atom stereocenters. The molecule has 1 aromatic heterocycles. The Morgan fingerprint density at radius 1 is 1.53 bits per heavy atom. The number of oxime groups is 1. The number of pyridine rings is 1. The molecule has 1 fully saturated rings. The van der Waals surface area contributed by atoms with Gasteiger partial charge in [-0.15, -0.1) is 0 Å². The highest BCUT2D eigenvalue weighted by atomic mass is 16.4. The molecule has 1 saturated carbocycles. The summed E-state index contributed by atoms with van der Waals surface area (Å²) in [6.07, 6.45) is 3.72. The van der Waals surface area contributed by atoms with Crippen LogP contribution in [0, 0.1) is 5.92 Å². The number of nitrogens with one attached hydrogen (secondary N) is 1. The van der Waals surface area contributed by atoms with Crippen LogP contribution in [0.5, 0.6) is 0 Å². The Labute approximate surface area is 111 Å². The number of carbonyl (C=O) groups excluding carboxylic acids is 1. The van der Waals surface area contributed by atoms with Crippen molar-refractivity contribution in [2.75, 3.05) is 0 Å². The van der Waals surface area contributed by atoms with E-state index in [2.05, 4.69) is 15.5 Å². The first-order valence-electron chi connectivity index (χ1n) is 6.20. The summed E-state index contributed by atoms with van der Waals surface area (Å²) in [4.78, 5) is 16.1. The third kappa shape index (κ3) is 3.01. The Bertz CT molecular complexity index is 504. The molecule has 1 amide bonds. The maximum absolute atomic E-state index is 12.1. The largest absolute Gasteiger partial charge is 0.409 e. The van der Waals surface area contributed by atoms with E-state index in [4.69, 9.17) is 10.9 Å². The summed E-state index contributed by atoms with van der Waals surface area (Å²) in [7, 11) is 0. The van der Waals surface area contributed by atoms with Crippen molar-refractivity contribution in [3.8, 4) is 0 Å². The number of nitrogens with zero attached hydrogens (tertiary/aromatic N) is 2. The maximum atomic E-state index is 12.1. The minimum Gasteiger partial charge on any atom is -0.409 e. The standard InChI is InChI=1S/C13H18N4O2/c1-13(2,9-4-5-9)16-12(18)10-6-3-8(7-15-10)11(14)17-19/h3,6-7,9,19H,4-5H2,1-2H3,(H2,14,17)(H,16,18). The molecule has 1 aliphatic rings. The van der Waals surface area contributed by atoms with Crippen LogP contribution in [0.3, 0.4) is 0 Å². The van der Waals surface area contributed by atoms with E-state index in [1.54, 1.807) is 12.1 Å². The molecule has 4 N–H and O–H groups in total. The second-order valence-electron chi connectivity index (χ2n) is 5.37. The molecule has 0 bridgehead atoms. The number of hydrogen-bond donors (Lipinski definition) is 3. The van der Waals surface area contributed by atoms with Crippen LogP contribution in [0.4, 0.5) is 0 Å². The number of carbonyl (C=O) groups is 1. The average molecular weight is 262 g/mol. The third-order valence-corrected chi connectivity index (χ3v) is 3.43. The average Bonchev–Trinajstić information content (AvgIpc) is 3.22. The molecule has 1 aromatic rings. The van der Waals surface area contributed by atoms with Crippen molar-refractivity contribution in [1.82, 2.24) is 10.3 Å². The zero-order chi connectivity index (χ0) is 14.0.